The quantitative estimate of drug-likeness (QED) is 0.107. The molecule has 0 bridgehead atoms. The van der Waals surface area contributed by atoms with Crippen LogP contribution in [-0.4, -0.2) is 7.11 Å². The van der Waals surface area contributed by atoms with Crippen LogP contribution in [0, 0.1) is 23.2 Å². The highest BCUT2D eigenvalue weighted by Gasteiger charge is 2.39. The van der Waals surface area contributed by atoms with Crippen molar-refractivity contribution in [2.24, 2.45) is 0 Å². The molecule has 0 atom stereocenters. The lowest BCUT2D eigenvalue weighted by molar-refractivity contribution is 0.415. The van der Waals surface area contributed by atoms with Crippen LogP contribution in [0.15, 0.2) is 461 Å². The lowest BCUT2D eigenvalue weighted by Crippen LogP contribution is -2.14. The summed E-state index contributed by atoms with van der Waals surface area (Å²) in [6, 6.07) is 171. The molecule has 2 heteroatoms. The third-order valence-corrected chi connectivity index (χ3v) is 30.7. The number of rotatable bonds is 9. The summed E-state index contributed by atoms with van der Waals surface area (Å²) in [5.74, 6) is 7.96. The van der Waals surface area contributed by atoms with Crippen LogP contribution in [-0.2, 0) is 16.2 Å². The van der Waals surface area contributed by atoms with E-state index in [0.717, 1.165) is 22.4 Å². The van der Waals surface area contributed by atoms with Gasteiger partial charge in [0.25, 0.3) is 0 Å². The van der Waals surface area contributed by atoms with Gasteiger partial charge in [0.15, 0.2) is 0 Å². The molecule has 0 aliphatic heterocycles. The van der Waals surface area contributed by atoms with E-state index in [9.17, 15) is 5.26 Å². The molecule has 0 N–H and O–H groups in total. The van der Waals surface area contributed by atoms with Crippen molar-refractivity contribution in [1.82, 2.24) is 0 Å². The molecule has 0 saturated carbocycles. The van der Waals surface area contributed by atoms with Gasteiger partial charge in [0.1, 0.15) is 5.75 Å². The van der Waals surface area contributed by atoms with Crippen LogP contribution in [0.1, 0.15) is 91.6 Å². The minimum atomic E-state index is -0.0444. The first kappa shape index (κ1) is 85.2. The number of nitrogens with zero attached hydrogens (tertiary/aromatic N) is 1. The van der Waals surface area contributed by atoms with E-state index in [4.69, 9.17) is 4.74 Å². The van der Waals surface area contributed by atoms with E-state index in [2.05, 4.69) is 490 Å². The molecular formula is C139H97NO. The summed E-state index contributed by atoms with van der Waals surface area (Å²) in [6.45, 7) is 14.1. The second-order valence-electron chi connectivity index (χ2n) is 39.7. The normalized spacial score (nSPS) is 13.0. The molecule has 0 fully saturated rings. The summed E-state index contributed by atoms with van der Waals surface area (Å²) in [5, 5.41) is 31.7. The zero-order valence-corrected chi connectivity index (χ0v) is 79.7. The smallest absolute Gasteiger partial charge is 0.118 e. The molecular weight excluding hydrogens is 1700 g/mol. The summed E-state index contributed by atoms with van der Waals surface area (Å²) in [6.07, 6.45) is 0. The van der Waals surface area contributed by atoms with Crippen molar-refractivity contribution in [3.8, 4) is 146 Å². The van der Waals surface area contributed by atoms with Gasteiger partial charge in [0, 0.05) is 27.4 Å². The maximum atomic E-state index is 9.52. The number of fused-ring (bicyclic) bond motifs is 18. The van der Waals surface area contributed by atoms with Crippen LogP contribution < -0.4 is 4.74 Å². The molecule has 0 radical (unpaired) electrons. The summed E-state index contributed by atoms with van der Waals surface area (Å²) in [7, 11) is 1.72. The van der Waals surface area contributed by atoms with Gasteiger partial charge in [-0.2, -0.15) is 5.26 Å². The second-order valence-corrected chi connectivity index (χ2v) is 39.7. The van der Waals surface area contributed by atoms with Crippen molar-refractivity contribution in [3.63, 3.8) is 0 Å². The molecule has 0 heterocycles. The SMILES string of the molecule is CC1(C)c2ccccc2-c2cc(-c3c4ccccc4c(-c4ccc(C#N)cc4)c4ccc(-c5ccc6ccccc6c5)cc34)ccc21.CC1(C)c2ccccc2-c2cc(-c3c4ccccc4c(C#Cc4ccccc4)c4ccc(-c5ccc6ccccc6c5)cc34)ccc21.COc1ccc(-c2c3ccccc3c(-c3ccc4c(c3)-c3ccccc3C4(C)C)c3cc(-c4ccc5ccccc5c4)ccc23)cc1. The Kier molecular flexibility index (Phi) is 20.5. The monoisotopic (exact) mass is 1800 g/mol. The Bertz CT molecular complexity index is 9430. The van der Waals surface area contributed by atoms with Crippen molar-refractivity contribution >= 4 is 97.0 Å². The maximum Gasteiger partial charge on any atom is 0.118 e. The van der Waals surface area contributed by atoms with Gasteiger partial charge in [-0.1, -0.05) is 423 Å². The fourth-order valence-corrected chi connectivity index (χ4v) is 23.6. The van der Waals surface area contributed by atoms with Crippen LogP contribution >= 0.6 is 0 Å². The van der Waals surface area contributed by atoms with Gasteiger partial charge in [-0.05, 0) is 344 Å². The Labute approximate surface area is 823 Å². The van der Waals surface area contributed by atoms with Crippen molar-refractivity contribution in [2.45, 2.75) is 57.8 Å². The summed E-state index contributed by atoms with van der Waals surface area (Å²) in [5.41, 5.74) is 38.5. The average Bonchev–Trinajstić information content (AvgIpc) is 1.71. The first-order valence-corrected chi connectivity index (χ1v) is 49.0. The summed E-state index contributed by atoms with van der Waals surface area (Å²) in [4.78, 5) is 0. The van der Waals surface area contributed by atoms with Crippen LogP contribution in [0.2, 0.25) is 0 Å². The van der Waals surface area contributed by atoms with E-state index in [1.54, 1.807) is 7.11 Å². The largest absolute Gasteiger partial charge is 0.497 e. The van der Waals surface area contributed by atoms with E-state index >= 15 is 0 Å². The number of methoxy groups -OCH3 is 1. The highest BCUT2D eigenvalue weighted by molar-refractivity contribution is 6.25. The van der Waals surface area contributed by atoms with Gasteiger partial charge in [-0.3, -0.25) is 0 Å². The lowest BCUT2D eigenvalue weighted by Gasteiger charge is -2.22. The molecule has 0 amide bonds. The zero-order valence-electron chi connectivity index (χ0n) is 79.7. The number of nitriles is 1. The van der Waals surface area contributed by atoms with E-state index < -0.39 is 0 Å². The predicted molar refractivity (Wildman–Crippen MR) is 597 cm³/mol. The number of hydrogen-bond donors (Lipinski definition) is 0. The molecule has 141 heavy (non-hydrogen) atoms. The number of ether oxygens (including phenoxy) is 1. The van der Waals surface area contributed by atoms with Gasteiger partial charge < -0.3 is 4.74 Å². The van der Waals surface area contributed by atoms with E-state index in [1.165, 1.54) is 247 Å². The minimum Gasteiger partial charge on any atom is -0.497 e. The average molecular weight is 1800 g/mol. The van der Waals surface area contributed by atoms with E-state index in [-0.39, 0.29) is 16.2 Å². The fourth-order valence-electron chi connectivity index (χ4n) is 23.6. The maximum absolute atomic E-state index is 9.52. The third-order valence-electron chi connectivity index (χ3n) is 30.7. The van der Waals surface area contributed by atoms with Crippen LogP contribution in [0.4, 0.5) is 0 Å². The van der Waals surface area contributed by atoms with Gasteiger partial charge in [-0.15, -0.1) is 0 Å². The molecule has 24 aromatic rings. The second kappa shape index (κ2) is 34.0. The number of benzene rings is 24. The molecule has 27 rings (SSSR count). The summed E-state index contributed by atoms with van der Waals surface area (Å²) < 4.78 is 5.53. The molecule has 0 saturated heterocycles. The topological polar surface area (TPSA) is 33.0 Å². The summed E-state index contributed by atoms with van der Waals surface area (Å²) >= 11 is 0. The van der Waals surface area contributed by atoms with E-state index in [1.807, 2.05) is 30.3 Å². The van der Waals surface area contributed by atoms with Crippen LogP contribution in [0.5, 0.6) is 5.75 Å². The van der Waals surface area contributed by atoms with Crippen molar-refractivity contribution in [2.75, 3.05) is 7.11 Å². The Hall–Kier alpha value is -17.5. The molecule has 3 aliphatic rings. The Balaban J connectivity index is 0.000000111. The highest BCUT2D eigenvalue weighted by Crippen LogP contribution is 2.57. The van der Waals surface area contributed by atoms with Crippen LogP contribution in [0.3, 0.4) is 0 Å². The van der Waals surface area contributed by atoms with E-state index in [0.29, 0.717) is 5.56 Å². The Morgan fingerprint density at radius 3 is 0.823 bits per heavy atom. The predicted octanol–water partition coefficient (Wildman–Crippen LogP) is 37.0. The van der Waals surface area contributed by atoms with Crippen LogP contribution in [0.25, 0.3) is 219 Å². The van der Waals surface area contributed by atoms with Gasteiger partial charge in [0.2, 0.25) is 0 Å². The Morgan fingerprint density at radius 2 is 0.447 bits per heavy atom. The van der Waals surface area contributed by atoms with Gasteiger partial charge in [-0.25, -0.2) is 0 Å². The molecule has 0 unspecified atom stereocenters. The molecule has 0 aromatic heterocycles. The molecule has 24 aromatic carbocycles. The Morgan fingerprint density at radius 1 is 0.184 bits per heavy atom. The van der Waals surface area contributed by atoms with Crippen molar-refractivity contribution in [1.29, 1.82) is 5.26 Å². The first-order chi connectivity index (χ1) is 69.1. The lowest BCUT2D eigenvalue weighted by atomic mass is 9.81. The molecule has 2 nitrogen and oxygen atoms in total. The molecule has 0 spiro atoms. The van der Waals surface area contributed by atoms with Gasteiger partial charge in [0.05, 0.1) is 18.7 Å². The number of hydrogen-bond acceptors (Lipinski definition) is 2. The van der Waals surface area contributed by atoms with Crippen molar-refractivity contribution < 1.29 is 4.74 Å². The highest BCUT2D eigenvalue weighted by atomic mass is 16.5. The fraction of sp³-hybridized carbons (Fsp3) is 0.0719. The van der Waals surface area contributed by atoms with Crippen molar-refractivity contribution in [3.05, 3.63) is 511 Å². The standard InChI is InChI=1S/C47H32.C46H31N.C46H34O/c1-47(2)44-19-11-10-17-40(44)42-30-36(24-27-45(42)47)46-41-18-9-8-16-37(41)38(25-20-31-12-4-3-5-13-31)39-26-23-35(29-43(39)46)34-22-21-32-14-6-7-15-33(32)28-34;1-46(2)42-14-8-7-11-36(42)40-27-35(22-24-43(40)46)45-38-13-6-5-12-37(38)44(31-17-15-29(28-47)16-18-31)39-23-21-34(26-41(39)45)33-20-19-30-9-3-4-10-32(30)25-33;1-46(2)42-15-9-8-12-36(42)40-28-34(21-25-43(40)46)45-38-14-7-6-13-37(38)44(30-18-22-35(47-3)23-19-30)39-24-20-33(27-41(39)45)32-17-16-29-10-4-5-11-31(29)26-32/h3-19,21-24,26-30H,1-2H3;3-27H,1-2H3;4-28H,1-3H3. The molecule has 664 valence electrons. The zero-order chi connectivity index (χ0) is 94.9. The molecule has 3 aliphatic carbocycles. The third kappa shape index (κ3) is 14.4. The van der Waals surface area contributed by atoms with Gasteiger partial charge >= 0.3 is 0 Å². The first-order valence-electron chi connectivity index (χ1n) is 49.0. The minimum absolute atomic E-state index is 0.0317.